The van der Waals surface area contributed by atoms with E-state index in [0.717, 1.165) is 0 Å². The summed E-state index contributed by atoms with van der Waals surface area (Å²) in [6, 6.07) is 0. The largest absolute Gasteiger partial charge is 0.390 e. The number of nitrogen functional groups attached to an aromatic ring is 1. The molecule has 0 aliphatic heterocycles. The van der Waals surface area contributed by atoms with Crippen LogP contribution in [0.25, 0.3) is 0 Å². The molecule has 0 radical (unpaired) electrons. The number of rotatable bonds is 4. The van der Waals surface area contributed by atoms with Crippen LogP contribution < -0.4 is 11.1 Å². The maximum Gasteiger partial charge on any atom is 0.287 e. The zero-order valence-corrected chi connectivity index (χ0v) is 8.17. The van der Waals surface area contributed by atoms with Crippen LogP contribution >= 0.6 is 11.6 Å². The van der Waals surface area contributed by atoms with Crippen molar-refractivity contribution < 1.29 is 13.9 Å². The van der Waals surface area contributed by atoms with Crippen molar-refractivity contribution in [3.8, 4) is 0 Å². The first-order valence-electron chi connectivity index (χ1n) is 3.82. The first-order chi connectivity index (χ1) is 6.93. The highest BCUT2D eigenvalue weighted by molar-refractivity contribution is 6.28. The number of nitrogens with two attached hydrogens (primary N) is 1. The lowest BCUT2D eigenvalue weighted by molar-refractivity contribution is -0.0374. The zero-order valence-electron chi connectivity index (χ0n) is 7.41. The number of alkyl halides is 2. The van der Waals surface area contributed by atoms with Gasteiger partial charge in [-0.15, -0.1) is 0 Å². The second-order valence-corrected chi connectivity index (χ2v) is 2.99. The average Bonchev–Trinajstić information content (AvgIpc) is 2.14. The molecule has 0 unspecified atom stereocenters. The summed E-state index contributed by atoms with van der Waals surface area (Å²) in [5.74, 6) is -3.60. The predicted octanol–water partition coefficient (Wildman–Crippen LogP) is 0.147. The van der Waals surface area contributed by atoms with Crippen molar-refractivity contribution >= 4 is 23.5 Å². The molecule has 6 nitrogen and oxygen atoms in total. The van der Waals surface area contributed by atoms with Gasteiger partial charge in [-0.1, -0.05) is 0 Å². The monoisotopic (exact) mass is 239 g/mol. The number of nitrogens with one attached hydrogen (secondary N) is 1. The van der Waals surface area contributed by atoms with Gasteiger partial charge in [-0.2, -0.15) is 15.0 Å². The van der Waals surface area contributed by atoms with Crippen LogP contribution in [-0.4, -0.2) is 39.1 Å². The van der Waals surface area contributed by atoms with Crippen LogP contribution in [0.3, 0.4) is 0 Å². The fraction of sp³-hybridized carbons (Fsp3) is 0.500. The van der Waals surface area contributed by atoms with Gasteiger partial charge in [0, 0.05) is 0 Å². The van der Waals surface area contributed by atoms with E-state index in [-0.39, 0.29) is 17.2 Å². The highest BCUT2D eigenvalue weighted by atomic mass is 35.5. The zero-order chi connectivity index (χ0) is 11.5. The number of hydrogen-bond donors (Lipinski definition) is 3. The van der Waals surface area contributed by atoms with E-state index in [1.165, 1.54) is 0 Å². The van der Waals surface area contributed by atoms with Crippen LogP contribution in [0.15, 0.2) is 0 Å². The minimum atomic E-state index is -3.26. The first kappa shape index (κ1) is 11.8. The van der Waals surface area contributed by atoms with Gasteiger partial charge in [0.15, 0.2) is 0 Å². The third kappa shape index (κ3) is 3.76. The Bertz CT molecular complexity index is 330. The number of aromatic nitrogens is 3. The van der Waals surface area contributed by atoms with Crippen LogP contribution in [0.2, 0.25) is 5.28 Å². The van der Waals surface area contributed by atoms with Crippen molar-refractivity contribution in [3.63, 3.8) is 0 Å². The van der Waals surface area contributed by atoms with Gasteiger partial charge in [-0.3, -0.25) is 0 Å². The molecule has 0 amide bonds. The minimum Gasteiger partial charge on any atom is -0.390 e. The number of hydrogen-bond acceptors (Lipinski definition) is 6. The highest BCUT2D eigenvalue weighted by Crippen LogP contribution is 2.13. The Balaban J connectivity index is 2.65. The second-order valence-electron chi connectivity index (χ2n) is 2.65. The lowest BCUT2D eigenvalue weighted by Crippen LogP contribution is -2.31. The van der Waals surface area contributed by atoms with Crippen molar-refractivity contribution in [1.82, 2.24) is 15.0 Å². The van der Waals surface area contributed by atoms with Crippen molar-refractivity contribution in [2.24, 2.45) is 0 Å². The summed E-state index contributed by atoms with van der Waals surface area (Å²) in [7, 11) is 0. The summed E-state index contributed by atoms with van der Waals surface area (Å²) in [4.78, 5) is 10.5. The minimum absolute atomic E-state index is 0.166. The number of halogens is 3. The van der Waals surface area contributed by atoms with Gasteiger partial charge in [0.05, 0.1) is 6.54 Å². The molecule has 0 saturated heterocycles. The van der Waals surface area contributed by atoms with Gasteiger partial charge < -0.3 is 16.2 Å². The number of anilines is 2. The van der Waals surface area contributed by atoms with Crippen LogP contribution in [0.5, 0.6) is 0 Å². The van der Waals surface area contributed by atoms with Crippen molar-refractivity contribution in [3.05, 3.63) is 5.28 Å². The third-order valence-electron chi connectivity index (χ3n) is 1.36. The molecule has 0 aromatic carbocycles. The summed E-state index contributed by atoms with van der Waals surface area (Å²) in [5, 5.41) is 10.3. The van der Waals surface area contributed by atoms with Crippen LogP contribution in [0.4, 0.5) is 20.7 Å². The third-order valence-corrected chi connectivity index (χ3v) is 1.53. The van der Waals surface area contributed by atoms with Gasteiger partial charge in [0.25, 0.3) is 5.92 Å². The van der Waals surface area contributed by atoms with Crippen molar-refractivity contribution in [1.29, 1.82) is 0 Å². The lowest BCUT2D eigenvalue weighted by atomic mass is 10.3. The first-order valence-corrected chi connectivity index (χ1v) is 4.20. The Labute approximate surface area is 88.5 Å². The van der Waals surface area contributed by atoms with E-state index in [4.69, 9.17) is 22.4 Å². The molecule has 1 aromatic rings. The Kier molecular flexibility index (Phi) is 3.53. The van der Waals surface area contributed by atoms with Gasteiger partial charge in [-0.05, 0) is 11.6 Å². The quantitative estimate of drug-likeness (QED) is 0.692. The van der Waals surface area contributed by atoms with Crippen LogP contribution in [0, 0.1) is 0 Å². The highest BCUT2D eigenvalue weighted by Gasteiger charge is 2.27. The molecule has 0 saturated carbocycles. The van der Waals surface area contributed by atoms with E-state index in [2.05, 4.69) is 20.3 Å². The van der Waals surface area contributed by atoms with E-state index in [9.17, 15) is 8.78 Å². The molecule has 1 rings (SSSR count). The molecule has 9 heteroatoms. The molecule has 0 aliphatic rings. The van der Waals surface area contributed by atoms with E-state index < -0.39 is 19.1 Å². The second kappa shape index (κ2) is 4.49. The van der Waals surface area contributed by atoms with E-state index in [1.807, 2.05) is 0 Å². The SMILES string of the molecule is Nc1nc(Cl)nc(NCC(F)(F)CO)n1. The molecule has 0 atom stereocenters. The van der Waals surface area contributed by atoms with Gasteiger partial charge >= 0.3 is 0 Å². The molecule has 0 aliphatic carbocycles. The molecular weight excluding hydrogens is 232 g/mol. The van der Waals surface area contributed by atoms with Crippen LogP contribution in [-0.2, 0) is 0 Å². The fourth-order valence-corrected chi connectivity index (χ4v) is 0.875. The molecule has 0 spiro atoms. The summed E-state index contributed by atoms with van der Waals surface area (Å²) < 4.78 is 25.2. The topological polar surface area (TPSA) is 97.0 Å². The molecule has 84 valence electrons. The Morgan fingerprint density at radius 3 is 2.60 bits per heavy atom. The maximum atomic E-state index is 12.6. The van der Waals surface area contributed by atoms with E-state index >= 15 is 0 Å². The summed E-state index contributed by atoms with van der Waals surface area (Å²) in [5.41, 5.74) is 5.21. The summed E-state index contributed by atoms with van der Waals surface area (Å²) >= 11 is 5.41. The summed E-state index contributed by atoms with van der Waals surface area (Å²) in [6.45, 7) is -2.09. The van der Waals surface area contributed by atoms with Gasteiger partial charge in [0.1, 0.15) is 6.61 Å². The molecule has 15 heavy (non-hydrogen) atoms. The normalized spacial score (nSPS) is 11.5. The Morgan fingerprint density at radius 1 is 1.40 bits per heavy atom. The Morgan fingerprint density at radius 2 is 2.07 bits per heavy atom. The van der Waals surface area contributed by atoms with Gasteiger partial charge in [0.2, 0.25) is 17.2 Å². The standard InChI is InChI=1S/C6H8ClF2N5O/c7-3-12-4(10)14-5(13-3)11-1-6(8,9)2-15/h15H,1-2H2,(H3,10,11,12,13,14). The molecule has 0 bridgehead atoms. The average molecular weight is 240 g/mol. The maximum absolute atomic E-state index is 12.6. The molecule has 0 fully saturated rings. The summed E-state index contributed by atoms with van der Waals surface area (Å²) in [6.07, 6.45) is 0. The molecule has 4 N–H and O–H groups in total. The van der Waals surface area contributed by atoms with Crippen molar-refractivity contribution in [2.75, 3.05) is 24.2 Å². The number of aliphatic hydroxyl groups is 1. The molecule has 1 heterocycles. The Hall–Kier alpha value is -1.28. The van der Waals surface area contributed by atoms with E-state index in [1.54, 1.807) is 0 Å². The van der Waals surface area contributed by atoms with Gasteiger partial charge in [-0.25, -0.2) is 8.78 Å². The smallest absolute Gasteiger partial charge is 0.287 e. The lowest BCUT2D eigenvalue weighted by Gasteiger charge is -2.13. The molecular formula is C6H8ClF2N5O. The predicted molar refractivity (Wildman–Crippen MR) is 49.8 cm³/mol. The fourth-order valence-electron chi connectivity index (χ4n) is 0.709. The number of nitrogens with zero attached hydrogens (tertiary/aromatic N) is 3. The van der Waals surface area contributed by atoms with E-state index in [0.29, 0.717) is 0 Å². The number of aliphatic hydroxyl groups excluding tert-OH is 1. The molecule has 1 aromatic heterocycles. The van der Waals surface area contributed by atoms with Crippen LogP contribution in [0.1, 0.15) is 0 Å². The van der Waals surface area contributed by atoms with Crippen molar-refractivity contribution in [2.45, 2.75) is 5.92 Å².